The summed E-state index contributed by atoms with van der Waals surface area (Å²) in [5, 5.41) is 0. The lowest BCUT2D eigenvalue weighted by atomic mass is 10.0. The Morgan fingerprint density at radius 3 is 2.64 bits per heavy atom. The van der Waals surface area contributed by atoms with Crippen molar-refractivity contribution in [2.75, 3.05) is 12.8 Å². The molecule has 1 rings (SSSR count). The summed E-state index contributed by atoms with van der Waals surface area (Å²) >= 11 is 0. The van der Waals surface area contributed by atoms with Gasteiger partial charge >= 0.3 is 0 Å². The molecule has 0 fully saturated rings. The number of ketones is 1. The lowest BCUT2D eigenvalue weighted by Crippen LogP contribution is -2.02. The number of benzene rings is 1. The minimum Gasteiger partial charge on any atom is -0.496 e. The fraction of sp³-hybridized carbons (Fsp3) is 0.364. The standard InChI is InChI=1S/C11H15NO2/c1-7-4-9(5-8(2)13)11(14-3)6-10(7)12/h4,6H,5,12H2,1-3H3. The SMILES string of the molecule is COc1cc(N)c(C)cc1CC(C)=O. The van der Waals surface area contributed by atoms with Crippen LogP contribution in [0.4, 0.5) is 5.69 Å². The molecular weight excluding hydrogens is 178 g/mol. The number of nitrogen functional groups attached to an aromatic ring is 1. The van der Waals surface area contributed by atoms with E-state index in [-0.39, 0.29) is 5.78 Å². The van der Waals surface area contributed by atoms with Gasteiger partial charge in [0.1, 0.15) is 11.5 Å². The number of hydrogen-bond donors (Lipinski definition) is 1. The number of ether oxygens (including phenoxy) is 1. The Morgan fingerprint density at radius 1 is 1.50 bits per heavy atom. The van der Waals surface area contributed by atoms with Crippen molar-refractivity contribution in [2.24, 2.45) is 0 Å². The normalized spacial score (nSPS) is 9.93. The van der Waals surface area contributed by atoms with Crippen LogP contribution in [0.3, 0.4) is 0 Å². The Hall–Kier alpha value is -1.51. The molecule has 1 aromatic carbocycles. The zero-order valence-corrected chi connectivity index (χ0v) is 8.76. The number of rotatable bonds is 3. The Labute approximate surface area is 83.9 Å². The molecule has 0 aliphatic rings. The second-order valence-corrected chi connectivity index (χ2v) is 3.40. The van der Waals surface area contributed by atoms with Crippen molar-refractivity contribution in [2.45, 2.75) is 20.3 Å². The maximum Gasteiger partial charge on any atom is 0.134 e. The largest absolute Gasteiger partial charge is 0.496 e. The minimum absolute atomic E-state index is 0.118. The number of methoxy groups -OCH3 is 1. The first-order valence-electron chi connectivity index (χ1n) is 4.47. The van der Waals surface area contributed by atoms with Gasteiger partial charge in [0.05, 0.1) is 7.11 Å². The summed E-state index contributed by atoms with van der Waals surface area (Å²) < 4.78 is 5.15. The highest BCUT2D eigenvalue weighted by molar-refractivity contribution is 5.79. The fourth-order valence-electron chi connectivity index (χ4n) is 1.36. The van der Waals surface area contributed by atoms with E-state index in [2.05, 4.69) is 0 Å². The molecule has 0 aliphatic heterocycles. The number of nitrogens with two attached hydrogens (primary N) is 1. The van der Waals surface area contributed by atoms with Gasteiger partial charge in [0.2, 0.25) is 0 Å². The molecule has 0 heterocycles. The summed E-state index contributed by atoms with van der Waals surface area (Å²) in [6.07, 6.45) is 0.393. The summed E-state index contributed by atoms with van der Waals surface area (Å²) in [4.78, 5) is 11.0. The summed E-state index contributed by atoms with van der Waals surface area (Å²) in [6.45, 7) is 3.48. The van der Waals surface area contributed by atoms with Crippen LogP contribution >= 0.6 is 0 Å². The molecule has 0 bridgehead atoms. The molecular formula is C11H15NO2. The van der Waals surface area contributed by atoms with E-state index in [1.165, 1.54) is 0 Å². The molecule has 0 saturated heterocycles. The van der Waals surface area contributed by atoms with Crippen LogP contribution in [0.5, 0.6) is 5.75 Å². The molecule has 0 amide bonds. The van der Waals surface area contributed by atoms with E-state index in [4.69, 9.17) is 10.5 Å². The van der Waals surface area contributed by atoms with E-state index in [0.29, 0.717) is 17.9 Å². The maximum atomic E-state index is 11.0. The van der Waals surface area contributed by atoms with Crippen molar-refractivity contribution in [1.29, 1.82) is 0 Å². The third kappa shape index (κ3) is 2.25. The van der Waals surface area contributed by atoms with E-state index in [0.717, 1.165) is 11.1 Å². The Bertz CT molecular complexity index is 359. The fourth-order valence-corrected chi connectivity index (χ4v) is 1.36. The van der Waals surface area contributed by atoms with E-state index in [1.807, 2.05) is 13.0 Å². The zero-order valence-electron chi connectivity index (χ0n) is 8.76. The van der Waals surface area contributed by atoms with Crippen LogP contribution < -0.4 is 10.5 Å². The lowest BCUT2D eigenvalue weighted by molar-refractivity contribution is -0.116. The van der Waals surface area contributed by atoms with Gasteiger partial charge in [-0.1, -0.05) is 0 Å². The summed E-state index contributed by atoms with van der Waals surface area (Å²) in [7, 11) is 1.58. The number of carbonyl (C=O) groups is 1. The van der Waals surface area contributed by atoms with Gasteiger partial charge in [-0.25, -0.2) is 0 Å². The Balaban J connectivity index is 3.13. The van der Waals surface area contributed by atoms with Gasteiger partial charge in [0.25, 0.3) is 0 Å². The third-order valence-electron chi connectivity index (χ3n) is 2.11. The van der Waals surface area contributed by atoms with Crippen molar-refractivity contribution < 1.29 is 9.53 Å². The summed E-state index contributed by atoms with van der Waals surface area (Å²) in [5.74, 6) is 0.802. The van der Waals surface area contributed by atoms with Gasteiger partial charge in [-0.3, -0.25) is 4.79 Å². The van der Waals surface area contributed by atoms with Crippen LogP contribution in [-0.4, -0.2) is 12.9 Å². The molecule has 3 heteroatoms. The number of anilines is 1. The predicted octanol–water partition coefficient (Wildman–Crippen LogP) is 1.72. The van der Waals surface area contributed by atoms with Gasteiger partial charge in [-0.15, -0.1) is 0 Å². The van der Waals surface area contributed by atoms with Crippen LogP contribution in [0.1, 0.15) is 18.1 Å². The highest BCUT2D eigenvalue weighted by Crippen LogP contribution is 2.25. The third-order valence-corrected chi connectivity index (χ3v) is 2.11. The van der Waals surface area contributed by atoms with Crippen LogP contribution in [0.15, 0.2) is 12.1 Å². The second kappa shape index (κ2) is 4.13. The van der Waals surface area contributed by atoms with Gasteiger partial charge < -0.3 is 10.5 Å². The van der Waals surface area contributed by atoms with Crippen molar-refractivity contribution in [3.05, 3.63) is 23.3 Å². The smallest absolute Gasteiger partial charge is 0.134 e. The average Bonchev–Trinajstić information content (AvgIpc) is 2.10. The van der Waals surface area contributed by atoms with Crippen molar-refractivity contribution in [1.82, 2.24) is 0 Å². The van der Waals surface area contributed by atoms with Crippen molar-refractivity contribution >= 4 is 11.5 Å². The molecule has 1 aromatic rings. The van der Waals surface area contributed by atoms with Crippen molar-refractivity contribution in [3.63, 3.8) is 0 Å². The molecule has 2 N–H and O–H groups in total. The number of aryl methyl sites for hydroxylation is 1. The molecule has 0 aliphatic carbocycles. The molecule has 14 heavy (non-hydrogen) atoms. The molecule has 0 aromatic heterocycles. The first-order valence-corrected chi connectivity index (χ1v) is 4.47. The second-order valence-electron chi connectivity index (χ2n) is 3.40. The van der Waals surface area contributed by atoms with Gasteiger partial charge in [-0.2, -0.15) is 0 Å². The molecule has 0 radical (unpaired) electrons. The van der Waals surface area contributed by atoms with E-state index in [1.54, 1.807) is 20.1 Å². The van der Waals surface area contributed by atoms with E-state index in [9.17, 15) is 4.79 Å². The highest BCUT2D eigenvalue weighted by atomic mass is 16.5. The predicted molar refractivity (Wildman–Crippen MR) is 56.5 cm³/mol. The zero-order chi connectivity index (χ0) is 10.7. The first-order chi connectivity index (χ1) is 6.54. The number of carbonyl (C=O) groups excluding carboxylic acids is 1. The minimum atomic E-state index is 0.118. The molecule has 0 saturated carbocycles. The van der Waals surface area contributed by atoms with Gasteiger partial charge in [-0.05, 0) is 25.5 Å². The van der Waals surface area contributed by atoms with E-state index >= 15 is 0 Å². The van der Waals surface area contributed by atoms with Crippen LogP contribution in [0.25, 0.3) is 0 Å². The molecule has 76 valence electrons. The lowest BCUT2D eigenvalue weighted by Gasteiger charge is -2.10. The van der Waals surface area contributed by atoms with Gasteiger partial charge in [0, 0.05) is 23.7 Å². The summed E-state index contributed by atoms with van der Waals surface area (Å²) in [6, 6.07) is 3.66. The van der Waals surface area contributed by atoms with Gasteiger partial charge in [0.15, 0.2) is 0 Å². The number of hydrogen-bond acceptors (Lipinski definition) is 3. The number of Topliss-reactive ketones (excluding diaryl/α,β-unsaturated/α-hetero) is 1. The molecule has 0 atom stereocenters. The van der Waals surface area contributed by atoms with Crippen LogP contribution in [-0.2, 0) is 11.2 Å². The summed E-state index contributed by atoms with van der Waals surface area (Å²) in [5.41, 5.74) is 8.29. The van der Waals surface area contributed by atoms with Crippen LogP contribution in [0, 0.1) is 6.92 Å². The molecule has 3 nitrogen and oxygen atoms in total. The monoisotopic (exact) mass is 193 g/mol. The first kappa shape index (κ1) is 10.6. The quantitative estimate of drug-likeness (QED) is 0.743. The van der Waals surface area contributed by atoms with Crippen LogP contribution in [0.2, 0.25) is 0 Å². The van der Waals surface area contributed by atoms with E-state index < -0.39 is 0 Å². The topological polar surface area (TPSA) is 52.3 Å². The Kier molecular flexibility index (Phi) is 3.12. The molecule has 0 spiro atoms. The maximum absolute atomic E-state index is 11.0. The van der Waals surface area contributed by atoms with Crippen molar-refractivity contribution in [3.8, 4) is 5.75 Å². The highest BCUT2D eigenvalue weighted by Gasteiger charge is 2.07. The average molecular weight is 193 g/mol. The Morgan fingerprint density at radius 2 is 2.14 bits per heavy atom. The molecule has 0 unspecified atom stereocenters.